The van der Waals surface area contributed by atoms with E-state index in [0.717, 1.165) is 12.1 Å². The summed E-state index contributed by atoms with van der Waals surface area (Å²) in [5.41, 5.74) is -0.264. The van der Waals surface area contributed by atoms with Crippen molar-refractivity contribution in [2.75, 3.05) is 0 Å². The number of aromatic hydroxyl groups is 1. The van der Waals surface area contributed by atoms with E-state index in [1.165, 1.54) is 24.3 Å². The highest BCUT2D eigenvalue weighted by Gasteiger charge is 2.31. The van der Waals surface area contributed by atoms with Crippen LogP contribution in [-0.2, 0) is 17.7 Å². The number of aromatic nitrogens is 2. The van der Waals surface area contributed by atoms with Gasteiger partial charge in [-0.1, -0.05) is 23.4 Å². The number of phenols is 1. The number of rotatable bonds is 4. The normalized spacial score (nSPS) is 11.7. The molecule has 0 saturated heterocycles. The van der Waals surface area contributed by atoms with Gasteiger partial charge in [0.15, 0.2) is 0 Å². The molecule has 25 heavy (non-hydrogen) atoms. The molecule has 0 aliphatic rings. The van der Waals surface area contributed by atoms with Gasteiger partial charge < -0.3 is 9.63 Å². The number of para-hydroxylation sites is 1. The van der Waals surface area contributed by atoms with Gasteiger partial charge in [-0.2, -0.15) is 18.2 Å². The Morgan fingerprint density at radius 2 is 1.88 bits per heavy atom. The Balaban J connectivity index is 1.98. The number of halogens is 3. The minimum atomic E-state index is -4.49. The quantitative estimate of drug-likeness (QED) is 0.542. The number of benzene rings is 2. The summed E-state index contributed by atoms with van der Waals surface area (Å²) in [5.74, 6) is -0.359. The van der Waals surface area contributed by atoms with Crippen LogP contribution < -0.4 is 0 Å². The first kappa shape index (κ1) is 16.9. The average Bonchev–Trinajstić information content (AvgIpc) is 3.06. The number of alkyl halides is 3. The molecule has 3 aromatic rings. The first-order valence-electron chi connectivity index (χ1n) is 6.99. The van der Waals surface area contributed by atoms with Crippen molar-refractivity contribution in [3.05, 3.63) is 53.6 Å². The lowest BCUT2D eigenvalue weighted by atomic mass is 10.1. The molecule has 6 nitrogen and oxygen atoms in total. The van der Waals surface area contributed by atoms with E-state index in [1.807, 2.05) is 0 Å². The molecule has 0 fully saturated rings. The highest BCUT2D eigenvalue weighted by atomic mass is 19.4. The summed E-state index contributed by atoms with van der Waals surface area (Å²) < 4.78 is 43.4. The zero-order valence-electron chi connectivity index (χ0n) is 12.5. The van der Waals surface area contributed by atoms with Crippen LogP contribution in [0.5, 0.6) is 5.75 Å². The molecule has 1 heterocycles. The molecular formula is C16H11F3N2O4. The first-order valence-corrected chi connectivity index (χ1v) is 6.99. The topological polar surface area (TPSA) is 88.6 Å². The number of hydrogen-bond donors (Lipinski definition) is 2. The molecule has 2 N–H and O–H groups in total. The van der Waals surface area contributed by atoms with Crippen LogP contribution in [0.25, 0.3) is 22.8 Å². The van der Waals surface area contributed by atoms with E-state index < -0.39 is 11.7 Å². The van der Waals surface area contributed by atoms with Crippen LogP contribution in [-0.4, -0.2) is 20.5 Å². The van der Waals surface area contributed by atoms with Crippen LogP contribution in [0.1, 0.15) is 11.1 Å². The van der Waals surface area contributed by atoms with Crippen molar-refractivity contribution < 1.29 is 32.9 Å². The fraction of sp³-hybridized carbons (Fsp3) is 0.125. The van der Waals surface area contributed by atoms with Gasteiger partial charge in [-0.25, -0.2) is 4.89 Å². The summed E-state index contributed by atoms with van der Waals surface area (Å²) in [6.45, 7) is -0.252. The zero-order valence-corrected chi connectivity index (χ0v) is 12.5. The van der Waals surface area contributed by atoms with Crippen molar-refractivity contribution in [3.63, 3.8) is 0 Å². The molecular weight excluding hydrogens is 341 g/mol. The van der Waals surface area contributed by atoms with Gasteiger partial charge in [0.05, 0.1) is 11.1 Å². The molecule has 0 radical (unpaired) electrons. The summed E-state index contributed by atoms with van der Waals surface area (Å²) in [4.78, 5) is 8.02. The first-order chi connectivity index (χ1) is 11.9. The Bertz CT molecular complexity index is 893. The van der Waals surface area contributed by atoms with Crippen LogP contribution in [0.3, 0.4) is 0 Å². The van der Waals surface area contributed by atoms with Crippen molar-refractivity contribution in [2.24, 2.45) is 0 Å². The van der Waals surface area contributed by atoms with Gasteiger partial charge in [-0.3, -0.25) is 5.26 Å². The molecule has 0 spiro atoms. The van der Waals surface area contributed by atoms with Crippen molar-refractivity contribution in [2.45, 2.75) is 12.8 Å². The van der Waals surface area contributed by atoms with Crippen LogP contribution in [0, 0.1) is 0 Å². The Morgan fingerprint density at radius 1 is 1.12 bits per heavy atom. The second kappa shape index (κ2) is 6.54. The fourth-order valence-electron chi connectivity index (χ4n) is 2.24. The van der Waals surface area contributed by atoms with Crippen LogP contribution in [0.4, 0.5) is 13.2 Å². The van der Waals surface area contributed by atoms with Crippen molar-refractivity contribution >= 4 is 0 Å². The summed E-state index contributed by atoms with van der Waals surface area (Å²) in [6, 6.07) is 9.06. The zero-order chi connectivity index (χ0) is 18.0. The second-order valence-electron chi connectivity index (χ2n) is 5.09. The molecule has 0 bridgehead atoms. The largest absolute Gasteiger partial charge is 0.507 e. The van der Waals surface area contributed by atoms with E-state index in [-0.39, 0.29) is 40.8 Å². The molecule has 0 saturated carbocycles. The third-order valence-electron chi connectivity index (χ3n) is 3.44. The Hall–Kier alpha value is -2.91. The highest BCUT2D eigenvalue weighted by molar-refractivity contribution is 5.67. The molecule has 3 rings (SSSR count). The van der Waals surface area contributed by atoms with Crippen molar-refractivity contribution in [3.8, 4) is 28.6 Å². The SMILES string of the molecule is OOCc1cccc(-c2noc(-c3cccc(C(F)(F)F)c3)n2)c1O. The van der Waals surface area contributed by atoms with E-state index in [9.17, 15) is 18.3 Å². The summed E-state index contributed by atoms with van der Waals surface area (Å²) in [5, 5.41) is 22.3. The van der Waals surface area contributed by atoms with Crippen molar-refractivity contribution in [1.82, 2.24) is 10.1 Å². The third kappa shape index (κ3) is 3.47. The van der Waals surface area contributed by atoms with Crippen molar-refractivity contribution in [1.29, 1.82) is 0 Å². The lowest BCUT2D eigenvalue weighted by Gasteiger charge is -2.06. The third-order valence-corrected chi connectivity index (χ3v) is 3.44. The van der Waals surface area contributed by atoms with Gasteiger partial charge in [-0.05, 0) is 24.3 Å². The van der Waals surface area contributed by atoms with Gasteiger partial charge in [0.25, 0.3) is 5.89 Å². The molecule has 2 aromatic carbocycles. The molecule has 0 amide bonds. The van der Waals surface area contributed by atoms with E-state index in [0.29, 0.717) is 0 Å². The highest BCUT2D eigenvalue weighted by Crippen LogP contribution is 2.34. The Morgan fingerprint density at radius 3 is 2.60 bits per heavy atom. The predicted octanol–water partition coefficient (Wildman–Crippen LogP) is 4.12. The van der Waals surface area contributed by atoms with Gasteiger partial charge in [0.1, 0.15) is 12.4 Å². The summed E-state index contributed by atoms with van der Waals surface area (Å²) in [6.07, 6.45) is -4.49. The maximum atomic E-state index is 12.8. The van der Waals surface area contributed by atoms with Gasteiger partial charge in [0.2, 0.25) is 5.82 Å². The molecule has 0 atom stereocenters. The van der Waals surface area contributed by atoms with Crippen LogP contribution in [0.15, 0.2) is 47.0 Å². The van der Waals surface area contributed by atoms with E-state index in [1.54, 1.807) is 6.07 Å². The van der Waals surface area contributed by atoms with Crippen LogP contribution in [0.2, 0.25) is 0 Å². The minimum Gasteiger partial charge on any atom is -0.507 e. The smallest absolute Gasteiger partial charge is 0.416 e. The van der Waals surface area contributed by atoms with Gasteiger partial charge in [0, 0.05) is 11.1 Å². The molecule has 9 heteroatoms. The van der Waals surface area contributed by atoms with E-state index in [2.05, 4.69) is 15.0 Å². The molecule has 0 aliphatic heterocycles. The Labute approximate surface area is 139 Å². The lowest BCUT2D eigenvalue weighted by molar-refractivity contribution is -0.253. The van der Waals surface area contributed by atoms with Crippen LogP contribution >= 0.6 is 0 Å². The fourth-order valence-corrected chi connectivity index (χ4v) is 2.24. The lowest BCUT2D eigenvalue weighted by Crippen LogP contribution is -2.04. The average molecular weight is 352 g/mol. The number of hydrogen-bond acceptors (Lipinski definition) is 6. The summed E-state index contributed by atoms with van der Waals surface area (Å²) in [7, 11) is 0. The molecule has 0 unspecified atom stereocenters. The van der Waals surface area contributed by atoms with E-state index in [4.69, 9.17) is 9.78 Å². The molecule has 130 valence electrons. The molecule has 1 aromatic heterocycles. The standard InChI is InChI=1S/C16H11F3N2O4/c17-16(18,19)11-5-1-3-9(7-11)15-20-14(21-25-15)12-6-2-4-10(8-24-23)13(12)22/h1-7,22-23H,8H2. The second-order valence-corrected chi connectivity index (χ2v) is 5.09. The molecule has 0 aliphatic carbocycles. The van der Waals surface area contributed by atoms with Gasteiger partial charge in [-0.15, -0.1) is 0 Å². The maximum absolute atomic E-state index is 12.8. The maximum Gasteiger partial charge on any atom is 0.416 e. The summed E-state index contributed by atoms with van der Waals surface area (Å²) >= 11 is 0. The predicted molar refractivity (Wildman–Crippen MR) is 79.3 cm³/mol. The number of nitrogens with zero attached hydrogens (tertiary/aromatic N) is 2. The Kier molecular flexibility index (Phi) is 4.43. The monoisotopic (exact) mass is 352 g/mol. The minimum absolute atomic E-state index is 0.00954. The number of phenolic OH excluding ortho intramolecular Hbond substituents is 1. The van der Waals surface area contributed by atoms with E-state index >= 15 is 0 Å². The van der Waals surface area contributed by atoms with Gasteiger partial charge >= 0.3 is 6.18 Å².